The molecule has 448 valence electrons. The minimum atomic E-state index is -0.795. The molecule has 0 N–H and O–H groups in total. The van der Waals surface area contributed by atoms with Gasteiger partial charge in [0.25, 0.3) is 0 Å². The van der Waals surface area contributed by atoms with Crippen LogP contribution in [0.5, 0.6) is 0 Å². The molecule has 0 heterocycles. The third-order valence-electron chi connectivity index (χ3n) is 14.3. The molecule has 0 radical (unpaired) electrons. The van der Waals surface area contributed by atoms with Crippen LogP contribution in [0.25, 0.3) is 0 Å². The Bertz CT molecular complexity index is 1530. The number of rotatable bonds is 60. The number of carbonyl (C=O) groups excluding carboxylic acids is 3. The first-order valence-corrected chi connectivity index (χ1v) is 33.2. The van der Waals surface area contributed by atoms with Crippen molar-refractivity contribution in [3.63, 3.8) is 0 Å². The average Bonchev–Trinajstić information content (AvgIpc) is 3.44. The van der Waals surface area contributed by atoms with Crippen LogP contribution in [0.2, 0.25) is 0 Å². The number of carbonyl (C=O) groups is 3. The second-order valence-electron chi connectivity index (χ2n) is 22.0. The molecule has 0 aromatic rings. The third-order valence-corrected chi connectivity index (χ3v) is 14.3. The summed E-state index contributed by atoms with van der Waals surface area (Å²) in [7, 11) is 0. The molecule has 0 aromatic heterocycles. The Kier molecular flexibility index (Phi) is 62.7. The second kappa shape index (κ2) is 65.8. The van der Waals surface area contributed by atoms with E-state index in [-0.39, 0.29) is 31.1 Å². The Labute approximate surface area is 483 Å². The summed E-state index contributed by atoms with van der Waals surface area (Å²) < 4.78 is 16.9. The molecule has 1 atom stereocenters. The summed E-state index contributed by atoms with van der Waals surface area (Å²) in [6.07, 6.45) is 88.5. The lowest BCUT2D eigenvalue weighted by atomic mass is 10.0. The molecule has 0 aliphatic heterocycles. The van der Waals surface area contributed by atoms with Gasteiger partial charge in [0.05, 0.1) is 0 Å². The molecule has 0 rings (SSSR count). The van der Waals surface area contributed by atoms with E-state index in [0.717, 1.165) is 109 Å². The van der Waals surface area contributed by atoms with E-state index < -0.39 is 6.10 Å². The van der Waals surface area contributed by atoms with Crippen molar-refractivity contribution in [2.45, 2.75) is 329 Å². The number of unbranched alkanes of at least 4 members (excludes halogenated alkanes) is 33. The zero-order chi connectivity index (χ0) is 56.4. The molecule has 6 heteroatoms. The number of esters is 3. The molecule has 78 heavy (non-hydrogen) atoms. The normalized spacial score (nSPS) is 12.7. The standard InChI is InChI=1S/C72H124O6/c1-4-7-10-13-16-19-22-25-28-30-32-34-35-36-37-38-40-41-44-47-50-53-56-59-62-65-71(74)77-68-69(67-76-70(73)64-61-58-55-52-49-46-43-27-24-21-18-15-12-9-6-3)78-72(75)66-63-60-57-54-51-48-45-42-39-33-31-29-26-23-20-17-14-11-8-5-2/h7,9-10,12,16,18-19,21,25,27-28,32,34,43,49,52,69H,4-6,8,11,13-15,17,20,22-24,26,29-31,33,35-42,44-48,50-51,53-68H2,1-3H3/b10-7-,12-9-,19-16-,21-18-,28-25-,34-32-,43-27-,52-49-. The van der Waals surface area contributed by atoms with Gasteiger partial charge < -0.3 is 14.2 Å². The van der Waals surface area contributed by atoms with Crippen molar-refractivity contribution in [2.24, 2.45) is 0 Å². The third kappa shape index (κ3) is 63.2. The van der Waals surface area contributed by atoms with E-state index in [9.17, 15) is 14.4 Å². The van der Waals surface area contributed by atoms with Crippen molar-refractivity contribution in [3.8, 4) is 0 Å². The highest BCUT2D eigenvalue weighted by Gasteiger charge is 2.19. The van der Waals surface area contributed by atoms with Crippen LogP contribution >= 0.6 is 0 Å². The summed E-state index contributed by atoms with van der Waals surface area (Å²) in [5.41, 5.74) is 0. The molecule has 0 amide bonds. The minimum Gasteiger partial charge on any atom is -0.462 e. The Hall–Kier alpha value is -3.67. The maximum absolute atomic E-state index is 12.9. The summed E-state index contributed by atoms with van der Waals surface area (Å²) in [4.78, 5) is 38.4. The molecule has 0 spiro atoms. The Morgan fingerprint density at radius 3 is 0.808 bits per heavy atom. The quantitative estimate of drug-likeness (QED) is 0.0261. The van der Waals surface area contributed by atoms with Crippen LogP contribution in [0.4, 0.5) is 0 Å². The van der Waals surface area contributed by atoms with Crippen molar-refractivity contribution in [3.05, 3.63) is 97.2 Å². The van der Waals surface area contributed by atoms with Crippen LogP contribution in [0.3, 0.4) is 0 Å². The molecule has 0 saturated heterocycles. The van der Waals surface area contributed by atoms with Crippen molar-refractivity contribution in [2.75, 3.05) is 13.2 Å². The maximum atomic E-state index is 12.9. The highest BCUT2D eigenvalue weighted by molar-refractivity contribution is 5.71. The Morgan fingerprint density at radius 2 is 0.500 bits per heavy atom. The van der Waals surface area contributed by atoms with E-state index >= 15 is 0 Å². The monoisotopic (exact) mass is 1080 g/mol. The predicted octanol–water partition coefficient (Wildman–Crippen LogP) is 22.8. The van der Waals surface area contributed by atoms with E-state index in [4.69, 9.17) is 14.2 Å². The lowest BCUT2D eigenvalue weighted by Crippen LogP contribution is -2.30. The minimum absolute atomic E-state index is 0.0891. The van der Waals surface area contributed by atoms with Gasteiger partial charge in [0.1, 0.15) is 13.2 Å². The highest BCUT2D eigenvalue weighted by atomic mass is 16.6. The van der Waals surface area contributed by atoms with E-state index in [1.807, 2.05) is 0 Å². The largest absolute Gasteiger partial charge is 0.462 e. The van der Waals surface area contributed by atoms with Gasteiger partial charge in [-0.1, -0.05) is 304 Å². The van der Waals surface area contributed by atoms with Crippen molar-refractivity contribution >= 4 is 17.9 Å². The number of allylic oxidation sites excluding steroid dienone is 16. The molecule has 0 bridgehead atoms. The first-order valence-electron chi connectivity index (χ1n) is 33.2. The van der Waals surface area contributed by atoms with Gasteiger partial charge in [-0.3, -0.25) is 14.4 Å². The number of ether oxygens (including phenoxy) is 3. The maximum Gasteiger partial charge on any atom is 0.306 e. The average molecular weight is 1090 g/mol. The van der Waals surface area contributed by atoms with Gasteiger partial charge in [-0.15, -0.1) is 0 Å². The van der Waals surface area contributed by atoms with Gasteiger partial charge >= 0.3 is 17.9 Å². The van der Waals surface area contributed by atoms with Gasteiger partial charge in [-0.05, 0) is 96.3 Å². The summed E-state index contributed by atoms with van der Waals surface area (Å²) in [5, 5.41) is 0. The second-order valence-corrected chi connectivity index (χ2v) is 22.0. The lowest BCUT2D eigenvalue weighted by molar-refractivity contribution is -0.167. The van der Waals surface area contributed by atoms with Crippen LogP contribution in [0, 0.1) is 0 Å². The molecule has 0 fully saturated rings. The number of hydrogen-bond acceptors (Lipinski definition) is 6. The van der Waals surface area contributed by atoms with E-state index in [0.29, 0.717) is 19.3 Å². The summed E-state index contributed by atoms with van der Waals surface area (Å²) >= 11 is 0. The van der Waals surface area contributed by atoms with Crippen LogP contribution in [-0.2, 0) is 28.6 Å². The van der Waals surface area contributed by atoms with Gasteiger partial charge in [0.15, 0.2) is 6.10 Å². The summed E-state index contributed by atoms with van der Waals surface area (Å²) in [5.74, 6) is -0.919. The van der Waals surface area contributed by atoms with Crippen LogP contribution in [0.15, 0.2) is 97.2 Å². The predicted molar refractivity (Wildman–Crippen MR) is 339 cm³/mol. The molecular formula is C72H124O6. The van der Waals surface area contributed by atoms with E-state index in [2.05, 4.69) is 118 Å². The molecule has 1 unspecified atom stereocenters. The molecule has 0 aliphatic rings. The first-order chi connectivity index (χ1) is 38.5. The Morgan fingerprint density at radius 1 is 0.269 bits per heavy atom. The van der Waals surface area contributed by atoms with E-state index in [1.54, 1.807) is 0 Å². The summed E-state index contributed by atoms with van der Waals surface area (Å²) in [6.45, 7) is 6.42. The van der Waals surface area contributed by atoms with E-state index in [1.165, 1.54) is 173 Å². The highest BCUT2D eigenvalue weighted by Crippen LogP contribution is 2.17. The van der Waals surface area contributed by atoms with Crippen LogP contribution < -0.4 is 0 Å². The zero-order valence-electron chi connectivity index (χ0n) is 51.4. The zero-order valence-corrected chi connectivity index (χ0v) is 51.4. The smallest absolute Gasteiger partial charge is 0.306 e. The Balaban J connectivity index is 4.35. The van der Waals surface area contributed by atoms with Crippen molar-refractivity contribution in [1.29, 1.82) is 0 Å². The van der Waals surface area contributed by atoms with Crippen molar-refractivity contribution < 1.29 is 28.6 Å². The fourth-order valence-electron chi connectivity index (χ4n) is 9.43. The molecule has 0 aliphatic carbocycles. The molecule has 0 saturated carbocycles. The fourth-order valence-corrected chi connectivity index (χ4v) is 9.43. The van der Waals surface area contributed by atoms with Crippen molar-refractivity contribution in [1.82, 2.24) is 0 Å². The summed E-state index contributed by atoms with van der Waals surface area (Å²) in [6, 6.07) is 0. The van der Waals surface area contributed by atoms with Gasteiger partial charge in [0, 0.05) is 19.3 Å². The van der Waals surface area contributed by atoms with Gasteiger partial charge in [0.2, 0.25) is 0 Å². The lowest BCUT2D eigenvalue weighted by Gasteiger charge is -2.18. The van der Waals surface area contributed by atoms with Crippen LogP contribution in [0.1, 0.15) is 323 Å². The van der Waals surface area contributed by atoms with Crippen LogP contribution in [-0.4, -0.2) is 37.2 Å². The van der Waals surface area contributed by atoms with Gasteiger partial charge in [-0.2, -0.15) is 0 Å². The number of hydrogen-bond donors (Lipinski definition) is 0. The SMILES string of the molecule is CC/C=C\C/C=C\C/C=C\C/C=C\CCCCCCCCCCCCCCC(=O)OCC(COC(=O)CCCC/C=C\C/C=C\C/C=C\C/C=C\CC)OC(=O)CCCCCCCCCCCCCCCCCCCCCC. The molecule has 6 nitrogen and oxygen atoms in total. The van der Waals surface area contributed by atoms with Gasteiger partial charge in [-0.25, -0.2) is 0 Å². The molecule has 0 aromatic carbocycles. The fraction of sp³-hybridized carbons (Fsp3) is 0.736. The topological polar surface area (TPSA) is 78.9 Å². The first kappa shape index (κ1) is 74.3. The molecular weight excluding hydrogens is 961 g/mol.